The first-order valence-electron chi connectivity index (χ1n) is 8.88. The number of likely N-dealkylation sites (N-methyl/N-ethyl adjacent to an activating group) is 1. The molecular weight excluding hydrogens is 321 g/mol. The van der Waals surface area contributed by atoms with E-state index in [1.54, 1.807) is 11.9 Å². The van der Waals surface area contributed by atoms with Crippen molar-refractivity contribution in [2.75, 3.05) is 25.5 Å². The van der Waals surface area contributed by atoms with Gasteiger partial charge < -0.3 is 10.6 Å². The molecule has 2 N–H and O–H groups in total. The number of carbonyl (C=O) groups is 2. The molecule has 5 nitrogen and oxygen atoms in total. The molecule has 3 atom stereocenters. The summed E-state index contributed by atoms with van der Waals surface area (Å²) in [6.45, 7) is 4.69. The summed E-state index contributed by atoms with van der Waals surface area (Å²) in [5.74, 6) is 0.464. The smallest absolute Gasteiger partial charge is 0.238 e. The molecule has 1 saturated carbocycles. The van der Waals surface area contributed by atoms with Crippen LogP contribution in [-0.4, -0.2) is 42.9 Å². The lowest BCUT2D eigenvalue weighted by molar-refractivity contribution is -0.124. The molecule has 0 aromatic heterocycles. The van der Waals surface area contributed by atoms with E-state index >= 15 is 0 Å². The van der Waals surface area contributed by atoms with Crippen LogP contribution in [0.2, 0.25) is 0 Å². The third kappa shape index (κ3) is 6.12. The number of amides is 2. The number of halogens is 1. The maximum atomic E-state index is 12.9. The Morgan fingerprint density at radius 3 is 2.44 bits per heavy atom. The van der Waals surface area contributed by atoms with Crippen molar-refractivity contribution in [1.82, 2.24) is 10.2 Å². The van der Waals surface area contributed by atoms with Gasteiger partial charge in [-0.3, -0.25) is 14.5 Å². The van der Waals surface area contributed by atoms with E-state index in [-0.39, 0.29) is 36.8 Å². The molecule has 0 radical (unpaired) electrons. The normalized spacial score (nSPS) is 23.3. The summed E-state index contributed by atoms with van der Waals surface area (Å²) in [4.78, 5) is 25.9. The van der Waals surface area contributed by atoms with E-state index in [1.165, 1.54) is 30.7 Å². The highest BCUT2D eigenvalue weighted by atomic mass is 19.1. The lowest BCUT2D eigenvalue weighted by Crippen LogP contribution is -2.47. The van der Waals surface area contributed by atoms with Crippen LogP contribution in [0.15, 0.2) is 24.3 Å². The third-order valence-corrected chi connectivity index (χ3v) is 5.01. The molecule has 2 rings (SSSR count). The van der Waals surface area contributed by atoms with Gasteiger partial charge in [0.2, 0.25) is 11.8 Å². The third-order valence-electron chi connectivity index (χ3n) is 5.01. The fourth-order valence-corrected chi connectivity index (χ4v) is 3.32. The number of hydrogen-bond acceptors (Lipinski definition) is 3. The molecule has 138 valence electrons. The average Bonchev–Trinajstić information content (AvgIpc) is 2.53. The second-order valence-corrected chi connectivity index (χ2v) is 7.17. The van der Waals surface area contributed by atoms with Crippen LogP contribution < -0.4 is 10.6 Å². The second kappa shape index (κ2) is 8.94. The predicted octanol–water partition coefficient (Wildman–Crippen LogP) is 2.64. The van der Waals surface area contributed by atoms with Gasteiger partial charge in [0.15, 0.2) is 0 Å². The van der Waals surface area contributed by atoms with Crippen molar-refractivity contribution in [3.8, 4) is 0 Å². The van der Waals surface area contributed by atoms with Crippen LogP contribution in [0.3, 0.4) is 0 Å². The molecule has 0 saturated heterocycles. The molecular formula is C19H28FN3O2. The topological polar surface area (TPSA) is 61.4 Å². The Balaban J connectivity index is 1.75. The quantitative estimate of drug-likeness (QED) is 0.830. The molecule has 1 fully saturated rings. The van der Waals surface area contributed by atoms with Gasteiger partial charge in [0.1, 0.15) is 5.82 Å². The van der Waals surface area contributed by atoms with Crippen molar-refractivity contribution in [2.45, 2.75) is 39.2 Å². The maximum absolute atomic E-state index is 12.9. The molecule has 1 aromatic rings. The van der Waals surface area contributed by atoms with E-state index < -0.39 is 0 Å². The van der Waals surface area contributed by atoms with Crippen molar-refractivity contribution in [1.29, 1.82) is 0 Å². The molecule has 2 amide bonds. The predicted molar refractivity (Wildman–Crippen MR) is 96.6 cm³/mol. The summed E-state index contributed by atoms with van der Waals surface area (Å²) in [6.07, 6.45) is 3.38. The maximum Gasteiger partial charge on any atom is 0.238 e. The summed E-state index contributed by atoms with van der Waals surface area (Å²) in [5.41, 5.74) is 0.536. The van der Waals surface area contributed by atoms with E-state index in [2.05, 4.69) is 24.5 Å². The first-order valence-corrected chi connectivity index (χ1v) is 8.88. The molecule has 0 aliphatic heterocycles. The Bertz CT molecular complexity index is 591. The second-order valence-electron chi connectivity index (χ2n) is 7.17. The van der Waals surface area contributed by atoms with E-state index in [0.717, 1.165) is 12.8 Å². The van der Waals surface area contributed by atoms with Gasteiger partial charge in [-0.25, -0.2) is 4.39 Å². The Kier molecular flexibility index (Phi) is 6.93. The zero-order valence-electron chi connectivity index (χ0n) is 15.2. The van der Waals surface area contributed by atoms with Gasteiger partial charge in [-0.1, -0.05) is 26.7 Å². The minimum Gasteiger partial charge on any atom is -0.352 e. The SMILES string of the molecule is C[C@@H]1[C@@H](C)CCC[C@H]1NC(=O)CN(C)CC(=O)Nc1ccc(F)cc1. The lowest BCUT2D eigenvalue weighted by atomic mass is 9.78. The zero-order valence-corrected chi connectivity index (χ0v) is 15.2. The number of carbonyl (C=O) groups excluding carboxylic acids is 2. The van der Waals surface area contributed by atoms with Gasteiger partial charge in [-0.2, -0.15) is 0 Å². The molecule has 0 bridgehead atoms. The van der Waals surface area contributed by atoms with Crippen LogP contribution >= 0.6 is 0 Å². The highest BCUT2D eigenvalue weighted by Crippen LogP contribution is 2.29. The van der Waals surface area contributed by atoms with Crippen molar-refractivity contribution >= 4 is 17.5 Å². The van der Waals surface area contributed by atoms with Crippen LogP contribution in [0.4, 0.5) is 10.1 Å². The first-order chi connectivity index (χ1) is 11.8. The molecule has 1 aliphatic carbocycles. The number of benzene rings is 1. The van der Waals surface area contributed by atoms with Crippen molar-refractivity contribution in [3.05, 3.63) is 30.1 Å². The van der Waals surface area contributed by atoms with Gasteiger partial charge in [0.05, 0.1) is 13.1 Å². The fourth-order valence-electron chi connectivity index (χ4n) is 3.32. The summed E-state index contributed by atoms with van der Waals surface area (Å²) in [5, 5.41) is 5.79. The molecule has 1 aromatic carbocycles. The van der Waals surface area contributed by atoms with E-state index in [1.807, 2.05) is 0 Å². The number of nitrogens with one attached hydrogen (secondary N) is 2. The Hall–Kier alpha value is -1.95. The zero-order chi connectivity index (χ0) is 18.4. The summed E-state index contributed by atoms with van der Waals surface area (Å²) >= 11 is 0. The summed E-state index contributed by atoms with van der Waals surface area (Å²) in [7, 11) is 1.73. The average molecular weight is 349 g/mol. The number of nitrogens with zero attached hydrogens (tertiary/aromatic N) is 1. The molecule has 0 unspecified atom stereocenters. The number of hydrogen-bond donors (Lipinski definition) is 2. The molecule has 25 heavy (non-hydrogen) atoms. The highest BCUT2D eigenvalue weighted by Gasteiger charge is 2.28. The van der Waals surface area contributed by atoms with Crippen LogP contribution in [0.5, 0.6) is 0 Å². The Morgan fingerprint density at radius 1 is 1.12 bits per heavy atom. The number of anilines is 1. The Labute approximate surface area is 149 Å². The van der Waals surface area contributed by atoms with Crippen LogP contribution in [-0.2, 0) is 9.59 Å². The molecule has 1 aliphatic rings. The van der Waals surface area contributed by atoms with Gasteiger partial charge in [0.25, 0.3) is 0 Å². The van der Waals surface area contributed by atoms with Gasteiger partial charge in [0, 0.05) is 11.7 Å². The minimum absolute atomic E-state index is 0.0527. The molecule has 6 heteroatoms. The van der Waals surface area contributed by atoms with Crippen LogP contribution in [0.25, 0.3) is 0 Å². The molecule has 0 heterocycles. The monoisotopic (exact) mass is 349 g/mol. The minimum atomic E-state index is -0.349. The van der Waals surface area contributed by atoms with Crippen molar-refractivity contribution < 1.29 is 14.0 Å². The van der Waals surface area contributed by atoms with Crippen LogP contribution in [0.1, 0.15) is 33.1 Å². The van der Waals surface area contributed by atoms with Gasteiger partial charge in [-0.05, 0) is 49.6 Å². The fraction of sp³-hybridized carbons (Fsp3) is 0.579. The van der Waals surface area contributed by atoms with Gasteiger partial charge >= 0.3 is 0 Å². The summed E-state index contributed by atoms with van der Waals surface area (Å²) in [6, 6.07) is 5.81. The largest absolute Gasteiger partial charge is 0.352 e. The van der Waals surface area contributed by atoms with Gasteiger partial charge in [-0.15, -0.1) is 0 Å². The standard InChI is InChI=1S/C19H28FN3O2/c1-13-5-4-6-17(14(13)2)22-19(25)12-23(3)11-18(24)21-16-9-7-15(20)8-10-16/h7-10,13-14,17H,4-6,11-12H2,1-3H3,(H,21,24)(H,22,25)/t13-,14+,17+/m0/s1. The van der Waals surface area contributed by atoms with Crippen LogP contribution in [0, 0.1) is 17.7 Å². The van der Waals surface area contributed by atoms with E-state index in [9.17, 15) is 14.0 Å². The Morgan fingerprint density at radius 2 is 1.76 bits per heavy atom. The number of rotatable bonds is 6. The highest BCUT2D eigenvalue weighted by molar-refractivity contribution is 5.92. The molecule has 0 spiro atoms. The lowest BCUT2D eigenvalue weighted by Gasteiger charge is -2.34. The van der Waals surface area contributed by atoms with Crippen molar-refractivity contribution in [3.63, 3.8) is 0 Å². The van der Waals surface area contributed by atoms with E-state index in [0.29, 0.717) is 17.5 Å². The van der Waals surface area contributed by atoms with E-state index in [4.69, 9.17) is 0 Å². The summed E-state index contributed by atoms with van der Waals surface area (Å²) < 4.78 is 12.9. The first kappa shape index (κ1) is 19.4. The van der Waals surface area contributed by atoms with Crippen molar-refractivity contribution in [2.24, 2.45) is 11.8 Å².